The van der Waals surface area contributed by atoms with Crippen molar-refractivity contribution in [3.8, 4) is 12.3 Å². The van der Waals surface area contributed by atoms with Gasteiger partial charge in [0.05, 0.1) is 33.0 Å². The molecule has 6 heteroatoms. The molecule has 6 nitrogen and oxygen atoms in total. The van der Waals surface area contributed by atoms with Gasteiger partial charge in [0, 0.05) is 17.8 Å². The number of benzene rings is 1. The molecule has 0 saturated heterocycles. The fourth-order valence-corrected chi connectivity index (χ4v) is 1.45. The van der Waals surface area contributed by atoms with E-state index in [1.54, 1.807) is 24.3 Å². The van der Waals surface area contributed by atoms with Gasteiger partial charge in [-0.1, -0.05) is 5.92 Å². The van der Waals surface area contributed by atoms with Gasteiger partial charge < -0.3 is 25.2 Å². The Bertz CT molecular complexity index is 454. The summed E-state index contributed by atoms with van der Waals surface area (Å²) in [6.45, 7) is 1.96. The van der Waals surface area contributed by atoms with Crippen molar-refractivity contribution in [2.24, 2.45) is 0 Å². The molecule has 0 aliphatic carbocycles. The number of hydrogen-bond donors (Lipinski definition) is 3. The summed E-state index contributed by atoms with van der Waals surface area (Å²) >= 11 is 0. The first kappa shape index (κ1) is 17.0. The van der Waals surface area contributed by atoms with Crippen molar-refractivity contribution in [1.29, 1.82) is 0 Å². The lowest BCUT2D eigenvalue weighted by molar-refractivity contribution is 0.0345. The molecule has 21 heavy (non-hydrogen) atoms. The number of hydrogen-bond acceptors (Lipinski definition) is 4. The van der Waals surface area contributed by atoms with Crippen molar-refractivity contribution in [3.63, 3.8) is 0 Å². The van der Waals surface area contributed by atoms with Gasteiger partial charge in [0.25, 0.3) is 0 Å². The number of carbonyl (C=O) groups excluding carboxylic acids is 1. The minimum absolute atomic E-state index is 0.00402. The molecule has 114 valence electrons. The van der Waals surface area contributed by atoms with Crippen molar-refractivity contribution in [1.82, 2.24) is 5.32 Å². The van der Waals surface area contributed by atoms with Crippen LogP contribution in [-0.4, -0.2) is 50.7 Å². The van der Waals surface area contributed by atoms with Crippen LogP contribution in [0.2, 0.25) is 0 Å². The van der Waals surface area contributed by atoms with Gasteiger partial charge in [-0.25, -0.2) is 4.79 Å². The number of rotatable bonds is 9. The largest absolute Gasteiger partial charge is 0.394 e. The summed E-state index contributed by atoms with van der Waals surface area (Å²) < 4.78 is 10.3. The second-order valence-electron chi connectivity index (χ2n) is 4.05. The van der Waals surface area contributed by atoms with E-state index >= 15 is 0 Å². The molecular formula is C15H20N2O4. The minimum Gasteiger partial charge on any atom is -0.394 e. The van der Waals surface area contributed by atoms with E-state index in [1.165, 1.54) is 0 Å². The maximum Gasteiger partial charge on any atom is 0.319 e. The summed E-state index contributed by atoms with van der Waals surface area (Å²) in [5, 5.41) is 13.8. The molecule has 0 spiro atoms. The van der Waals surface area contributed by atoms with Gasteiger partial charge in [-0.2, -0.15) is 0 Å². The summed E-state index contributed by atoms with van der Waals surface area (Å²) in [7, 11) is 0. The van der Waals surface area contributed by atoms with Gasteiger partial charge >= 0.3 is 6.03 Å². The first-order chi connectivity index (χ1) is 10.3. The molecule has 1 aromatic rings. The number of ether oxygens (including phenoxy) is 2. The summed E-state index contributed by atoms with van der Waals surface area (Å²) in [6, 6.07) is 6.69. The monoisotopic (exact) mass is 292 g/mol. The topological polar surface area (TPSA) is 79.8 Å². The van der Waals surface area contributed by atoms with E-state index < -0.39 is 0 Å². The highest BCUT2D eigenvalue weighted by atomic mass is 16.5. The van der Waals surface area contributed by atoms with Crippen LogP contribution in [0.4, 0.5) is 10.5 Å². The number of aliphatic hydroxyl groups is 1. The third-order valence-electron chi connectivity index (χ3n) is 2.45. The molecule has 0 atom stereocenters. The van der Waals surface area contributed by atoms with Crippen LogP contribution in [-0.2, 0) is 9.47 Å². The van der Waals surface area contributed by atoms with Crippen LogP contribution in [0.3, 0.4) is 0 Å². The molecule has 0 aromatic heterocycles. The van der Waals surface area contributed by atoms with Crippen LogP contribution in [0.1, 0.15) is 5.56 Å². The highest BCUT2D eigenvalue weighted by Gasteiger charge is 2.00. The summed E-state index contributed by atoms with van der Waals surface area (Å²) in [6.07, 6.45) is 5.25. The van der Waals surface area contributed by atoms with Gasteiger partial charge in [-0.05, 0) is 24.3 Å². The third kappa shape index (κ3) is 7.95. The second kappa shape index (κ2) is 10.7. The van der Waals surface area contributed by atoms with Gasteiger partial charge in [0.1, 0.15) is 0 Å². The normalized spacial score (nSPS) is 9.90. The summed E-state index contributed by atoms with van der Waals surface area (Å²) in [5.74, 6) is 2.51. The molecule has 1 aromatic carbocycles. The second-order valence-corrected chi connectivity index (χ2v) is 4.05. The molecule has 0 bridgehead atoms. The molecule has 3 N–H and O–H groups in total. The maximum atomic E-state index is 11.6. The standard InChI is InChI=1S/C15H20N2O4/c1-2-13-3-5-14(6-4-13)17-15(19)16-7-9-20-11-12-21-10-8-18/h1,3-6,18H,7-12H2,(H2,16,17,19). The molecule has 0 aliphatic rings. The van der Waals surface area contributed by atoms with Crippen LogP contribution in [0.15, 0.2) is 24.3 Å². The van der Waals surface area contributed by atoms with Crippen molar-refractivity contribution in [2.75, 3.05) is 44.9 Å². The van der Waals surface area contributed by atoms with Crippen molar-refractivity contribution >= 4 is 11.7 Å². The number of carbonyl (C=O) groups is 1. The lowest BCUT2D eigenvalue weighted by Crippen LogP contribution is -2.31. The summed E-state index contributed by atoms with van der Waals surface area (Å²) in [4.78, 5) is 11.6. The molecule has 0 saturated carbocycles. The Kier molecular flexibility index (Phi) is 8.64. The van der Waals surface area contributed by atoms with Crippen molar-refractivity contribution in [3.05, 3.63) is 29.8 Å². The molecule has 0 heterocycles. The van der Waals surface area contributed by atoms with E-state index in [0.717, 1.165) is 5.56 Å². The number of terminal acetylenes is 1. The predicted octanol–water partition coefficient (Wildman–Crippen LogP) is 0.815. The first-order valence-electron chi connectivity index (χ1n) is 6.64. The molecule has 0 unspecified atom stereocenters. The lowest BCUT2D eigenvalue weighted by atomic mass is 10.2. The Balaban J connectivity index is 2.07. The maximum absolute atomic E-state index is 11.6. The molecule has 1 rings (SSSR count). The van der Waals surface area contributed by atoms with E-state index in [4.69, 9.17) is 21.0 Å². The molecule has 0 radical (unpaired) electrons. The van der Waals surface area contributed by atoms with Crippen molar-refractivity contribution in [2.45, 2.75) is 0 Å². The van der Waals surface area contributed by atoms with Crippen LogP contribution in [0.5, 0.6) is 0 Å². The van der Waals surface area contributed by atoms with Gasteiger partial charge in [-0.15, -0.1) is 6.42 Å². The zero-order valence-corrected chi connectivity index (χ0v) is 11.8. The average molecular weight is 292 g/mol. The molecule has 0 fully saturated rings. The SMILES string of the molecule is C#Cc1ccc(NC(=O)NCCOCCOCCO)cc1. The number of nitrogens with one attached hydrogen (secondary N) is 2. The van der Waals surface area contributed by atoms with E-state index in [9.17, 15) is 4.79 Å². The Hall–Kier alpha value is -2.07. The van der Waals surface area contributed by atoms with Gasteiger partial charge in [0.2, 0.25) is 0 Å². The molecule has 0 aliphatic heterocycles. The Morgan fingerprint density at radius 3 is 2.43 bits per heavy atom. The van der Waals surface area contributed by atoms with Crippen LogP contribution in [0.25, 0.3) is 0 Å². The predicted molar refractivity (Wildman–Crippen MR) is 80.1 cm³/mol. The summed E-state index contributed by atoms with van der Waals surface area (Å²) in [5.41, 5.74) is 1.43. The fourth-order valence-electron chi connectivity index (χ4n) is 1.45. The Morgan fingerprint density at radius 2 is 1.81 bits per heavy atom. The smallest absolute Gasteiger partial charge is 0.319 e. The lowest BCUT2D eigenvalue weighted by Gasteiger charge is -2.08. The van der Waals surface area contributed by atoms with Gasteiger partial charge in [0.15, 0.2) is 0 Å². The number of aliphatic hydroxyl groups excluding tert-OH is 1. The zero-order chi connectivity index (χ0) is 15.3. The fraction of sp³-hybridized carbons (Fsp3) is 0.400. The number of amides is 2. The van der Waals surface area contributed by atoms with Crippen LogP contribution in [0, 0.1) is 12.3 Å². The number of anilines is 1. The van der Waals surface area contributed by atoms with Crippen LogP contribution < -0.4 is 10.6 Å². The van der Waals surface area contributed by atoms with E-state index in [-0.39, 0.29) is 12.6 Å². The van der Waals surface area contributed by atoms with Gasteiger partial charge in [-0.3, -0.25) is 0 Å². The highest BCUT2D eigenvalue weighted by Crippen LogP contribution is 2.08. The van der Waals surface area contributed by atoms with E-state index in [0.29, 0.717) is 38.7 Å². The first-order valence-corrected chi connectivity index (χ1v) is 6.64. The average Bonchev–Trinajstić information content (AvgIpc) is 2.50. The number of urea groups is 1. The van der Waals surface area contributed by atoms with E-state index in [1.807, 2.05) is 0 Å². The zero-order valence-electron chi connectivity index (χ0n) is 11.8. The molecule has 2 amide bonds. The Morgan fingerprint density at radius 1 is 1.14 bits per heavy atom. The van der Waals surface area contributed by atoms with Crippen LogP contribution >= 0.6 is 0 Å². The van der Waals surface area contributed by atoms with E-state index in [2.05, 4.69) is 16.6 Å². The minimum atomic E-state index is -0.302. The van der Waals surface area contributed by atoms with Crippen molar-refractivity contribution < 1.29 is 19.4 Å². The Labute approximate surface area is 124 Å². The molecular weight excluding hydrogens is 272 g/mol. The third-order valence-corrected chi connectivity index (χ3v) is 2.45. The highest BCUT2D eigenvalue weighted by molar-refractivity contribution is 5.89. The quantitative estimate of drug-likeness (QED) is 0.465.